The summed E-state index contributed by atoms with van der Waals surface area (Å²) in [4.78, 5) is 0. The lowest BCUT2D eigenvalue weighted by Crippen LogP contribution is -2.30. The van der Waals surface area contributed by atoms with E-state index >= 15 is 0 Å². The zero-order valence-electron chi connectivity index (χ0n) is 10.2. The van der Waals surface area contributed by atoms with Gasteiger partial charge in [0.05, 0.1) is 13.2 Å². The Hall–Kier alpha value is -0.310. The van der Waals surface area contributed by atoms with Crippen molar-refractivity contribution in [3.8, 4) is 0 Å². The molecular weight excluding hydrogens is 213 g/mol. The molecule has 5 heteroatoms. The molecule has 0 aromatic rings. The average molecular weight is 235 g/mol. The minimum Gasteiger partial charge on any atom is -0.386 e. The Kier molecular flexibility index (Phi) is 6.18. The number of nitrogens with one attached hydrogen (secondary N) is 1. The predicted octanol–water partition coefficient (Wildman–Crippen LogP) is 3.11. The summed E-state index contributed by atoms with van der Waals surface area (Å²) in [7, 11) is -3.05. The van der Waals surface area contributed by atoms with Crippen molar-refractivity contribution in [2.45, 2.75) is 40.2 Å². The second kappa shape index (κ2) is 6.31. The lowest BCUT2D eigenvalue weighted by Gasteiger charge is -2.19. The van der Waals surface area contributed by atoms with E-state index in [9.17, 15) is 4.57 Å². The molecule has 0 bridgehead atoms. The maximum Gasteiger partial charge on any atom is 0.355 e. The first-order chi connectivity index (χ1) is 6.83. The second-order valence-electron chi connectivity index (χ2n) is 4.09. The Morgan fingerprint density at radius 3 is 2.00 bits per heavy atom. The van der Waals surface area contributed by atoms with Gasteiger partial charge in [0.25, 0.3) is 0 Å². The van der Waals surface area contributed by atoms with Crippen LogP contribution in [0, 0.1) is 0 Å². The normalized spacial score (nSPS) is 13.4. The Morgan fingerprint density at radius 1 is 1.20 bits per heavy atom. The third-order valence-electron chi connectivity index (χ3n) is 1.39. The van der Waals surface area contributed by atoms with Crippen LogP contribution in [-0.2, 0) is 13.6 Å². The maximum absolute atomic E-state index is 11.9. The van der Waals surface area contributed by atoms with Crippen molar-refractivity contribution < 1.29 is 13.6 Å². The highest BCUT2D eigenvalue weighted by Gasteiger charge is 2.19. The van der Waals surface area contributed by atoms with Gasteiger partial charge in [-0.3, -0.25) is 4.57 Å². The molecule has 0 spiro atoms. The molecule has 0 aromatic carbocycles. The van der Waals surface area contributed by atoms with Crippen LogP contribution >= 0.6 is 7.60 Å². The lowest BCUT2D eigenvalue weighted by atomic mass is 10.1. The summed E-state index contributed by atoms with van der Waals surface area (Å²) >= 11 is 0. The summed E-state index contributed by atoms with van der Waals surface area (Å²) < 4.78 is 22.1. The van der Waals surface area contributed by atoms with Crippen LogP contribution < -0.4 is 5.32 Å². The summed E-state index contributed by atoms with van der Waals surface area (Å²) in [5.41, 5.74) is -0.0558. The van der Waals surface area contributed by atoms with E-state index in [4.69, 9.17) is 9.05 Å². The highest BCUT2D eigenvalue weighted by molar-refractivity contribution is 7.57. The SMILES string of the molecule is CCOP(=O)(/C=C/NC(C)(C)C)OCC. The first-order valence-corrected chi connectivity index (χ1v) is 6.78. The molecule has 15 heavy (non-hydrogen) atoms. The number of hydrogen-bond donors (Lipinski definition) is 1. The molecule has 0 amide bonds. The zero-order valence-corrected chi connectivity index (χ0v) is 11.1. The molecule has 0 heterocycles. The van der Waals surface area contributed by atoms with E-state index in [2.05, 4.69) is 5.32 Å². The van der Waals surface area contributed by atoms with Gasteiger partial charge in [0.1, 0.15) is 0 Å². The molecule has 0 fully saturated rings. The third kappa shape index (κ3) is 7.60. The fourth-order valence-electron chi connectivity index (χ4n) is 0.862. The van der Waals surface area contributed by atoms with Crippen LogP contribution in [0.4, 0.5) is 0 Å². The molecule has 4 nitrogen and oxygen atoms in total. The molecule has 90 valence electrons. The summed E-state index contributed by atoms with van der Waals surface area (Å²) in [6.07, 6.45) is 1.63. The Labute approximate surface area is 92.6 Å². The number of hydrogen-bond acceptors (Lipinski definition) is 4. The van der Waals surface area contributed by atoms with Crippen LogP contribution in [0.15, 0.2) is 12.0 Å². The van der Waals surface area contributed by atoms with Crippen LogP contribution in [0.25, 0.3) is 0 Å². The van der Waals surface area contributed by atoms with Gasteiger partial charge in [-0.1, -0.05) is 0 Å². The van der Waals surface area contributed by atoms with Crippen LogP contribution in [-0.4, -0.2) is 18.8 Å². The summed E-state index contributed by atoms with van der Waals surface area (Å²) in [6.45, 7) is 10.4. The molecule has 0 saturated heterocycles. The smallest absolute Gasteiger partial charge is 0.355 e. The monoisotopic (exact) mass is 235 g/mol. The Balaban J connectivity index is 4.34. The van der Waals surface area contributed by atoms with Gasteiger partial charge in [0.2, 0.25) is 0 Å². The maximum atomic E-state index is 11.9. The lowest BCUT2D eigenvalue weighted by molar-refractivity contribution is 0.228. The van der Waals surface area contributed by atoms with Gasteiger partial charge in [-0.05, 0) is 34.6 Å². The Bertz CT molecular complexity index is 236. The Morgan fingerprint density at radius 2 is 1.67 bits per heavy atom. The van der Waals surface area contributed by atoms with E-state index in [0.29, 0.717) is 13.2 Å². The molecule has 0 aliphatic heterocycles. The van der Waals surface area contributed by atoms with E-state index in [-0.39, 0.29) is 5.54 Å². The average Bonchev–Trinajstić information content (AvgIpc) is 2.01. The summed E-state index contributed by atoms with van der Waals surface area (Å²) in [5.74, 6) is 1.46. The standard InChI is InChI=1S/C10H22NO3P/c1-6-13-15(12,14-7-2)9-8-11-10(3,4)5/h8-9,11H,6-7H2,1-5H3/b9-8+. The van der Waals surface area contributed by atoms with Crippen molar-refractivity contribution in [2.24, 2.45) is 0 Å². The summed E-state index contributed by atoms with van der Waals surface area (Å²) in [5, 5.41) is 3.08. The first-order valence-electron chi connectivity index (χ1n) is 5.17. The highest BCUT2D eigenvalue weighted by atomic mass is 31.2. The molecular formula is C10H22NO3P. The fourth-order valence-corrected chi connectivity index (χ4v) is 2.09. The molecule has 0 aromatic heterocycles. The van der Waals surface area contributed by atoms with E-state index < -0.39 is 7.60 Å². The van der Waals surface area contributed by atoms with Crippen molar-refractivity contribution in [2.75, 3.05) is 13.2 Å². The quantitative estimate of drug-likeness (QED) is 0.718. The van der Waals surface area contributed by atoms with Crippen molar-refractivity contribution >= 4 is 7.60 Å². The van der Waals surface area contributed by atoms with Gasteiger partial charge in [-0.25, -0.2) is 0 Å². The molecule has 0 unspecified atom stereocenters. The van der Waals surface area contributed by atoms with Crippen LogP contribution in [0.2, 0.25) is 0 Å². The van der Waals surface area contributed by atoms with Gasteiger partial charge in [-0.15, -0.1) is 0 Å². The van der Waals surface area contributed by atoms with Gasteiger partial charge < -0.3 is 14.4 Å². The van der Waals surface area contributed by atoms with Crippen molar-refractivity contribution in [1.29, 1.82) is 0 Å². The molecule has 0 aliphatic rings. The fraction of sp³-hybridized carbons (Fsp3) is 0.800. The van der Waals surface area contributed by atoms with E-state index in [0.717, 1.165) is 0 Å². The predicted molar refractivity (Wildman–Crippen MR) is 62.9 cm³/mol. The van der Waals surface area contributed by atoms with Crippen molar-refractivity contribution in [3.63, 3.8) is 0 Å². The van der Waals surface area contributed by atoms with Gasteiger partial charge in [0, 0.05) is 17.6 Å². The topological polar surface area (TPSA) is 47.6 Å². The molecule has 0 rings (SSSR count). The van der Waals surface area contributed by atoms with Crippen molar-refractivity contribution in [1.82, 2.24) is 5.32 Å². The molecule has 0 saturated carbocycles. The molecule has 0 atom stereocenters. The zero-order chi connectivity index (χ0) is 11.9. The van der Waals surface area contributed by atoms with E-state index in [1.807, 2.05) is 20.8 Å². The van der Waals surface area contributed by atoms with Gasteiger partial charge >= 0.3 is 7.60 Å². The minimum atomic E-state index is -3.05. The molecule has 1 N–H and O–H groups in total. The van der Waals surface area contributed by atoms with Crippen LogP contribution in [0.5, 0.6) is 0 Å². The first kappa shape index (κ1) is 14.7. The van der Waals surface area contributed by atoms with Crippen LogP contribution in [0.3, 0.4) is 0 Å². The van der Waals surface area contributed by atoms with Crippen molar-refractivity contribution in [3.05, 3.63) is 12.0 Å². The minimum absolute atomic E-state index is 0.0558. The van der Waals surface area contributed by atoms with Gasteiger partial charge in [-0.2, -0.15) is 0 Å². The highest BCUT2D eigenvalue weighted by Crippen LogP contribution is 2.49. The van der Waals surface area contributed by atoms with E-state index in [1.54, 1.807) is 20.0 Å². The molecule has 0 aliphatic carbocycles. The largest absolute Gasteiger partial charge is 0.386 e. The third-order valence-corrected chi connectivity index (χ3v) is 3.14. The van der Waals surface area contributed by atoms with Crippen LogP contribution in [0.1, 0.15) is 34.6 Å². The van der Waals surface area contributed by atoms with Gasteiger partial charge in [0.15, 0.2) is 0 Å². The number of rotatable bonds is 6. The summed E-state index contributed by atoms with van der Waals surface area (Å²) in [6, 6.07) is 0. The second-order valence-corrected chi connectivity index (χ2v) is 5.98. The molecule has 0 radical (unpaired) electrons. The van der Waals surface area contributed by atoms with E-state index in [1.165, 1.54) is 5.82 Å².